The second kappa shape index (κ2) is 7.12. The normalized spacial score (nSPS) is 11.3. The van der Waals surface area contributed by atoms with E-state index < -0.39 is 51.1 Å². The number of nitrogens with zero attached hydrogens (tertiary/aromatic N) is 2. The van der Waals surface area contributed by atoms with Gasteiger partial charge in [-0.15, -0.1) is 0 Å². The van der Waals surface area contributed by atoms with Crippen LogP contribution in [0.5, 0.6) is 0 Å². The fourth-order valence-electron chi connectivity index (χ4n) is 2.10. The Kier molecular flexibility index (Phi) is 5.30. The SMILES string of the molecule is CCOC(=O)c1[nH]nc(C(F)(F)F)c1C(=O)c1ccc(Cl)cc1[N+](=O)[O-]. The van der Waals surface area contributed by atoms with E-state index in [4.69, 9.17) is 11.6 Å². The summed E-state index contributed by atoms with van der Waals surface area (Å²) in [5.74, 6) is -2.67. The van der Waals surface area contributed by atoms with Crippen molar-refractivity contribution < 1.29 is 32.4 Å². The molecule has 0 saturated heterocycles. The molecule has 12 heteroatoms. The first-order valence-electron chi connectivity index (χ1n) is 6.89. The molecule has 0 saturated carbocycles. The van der Waals surface area contributed by atoms with E-state index in [1.807, 2.05) is 5.10 Å². The summed E-state index contributed by atoms with van der Waals surface area (Å²) in [4.78, 5) is 34.6. The number of hydrogen-bond donors (Lipinski definition) is 1. The summed E-state index contributed by atoms with van der Waals surface area (Å²) in [6.45, 7) is 1.23. The first kappa shape index (κ1) is 19.4. The van der Waals surface area contributed by atoms with Crippen molar-refractivity contribution in [1.29, 1.82) is 0 Å². The maximum Gasteiger partial charge on any atom is 0.435 e. The van der Waals surface area contributed by atoms with Crippen molar-refractivity contribution >= 4 is 29.0 Å². The highest BCUT2D eigenvalue weighted by Crippen LogP contribution is 2.35. The number of nitrogens with one attached hydrogen (secondary N) is 1. The molecular weight excluding hydrogens is 383 g/mol. The number of benzene rings is 1. The van der Waals surface area contributed by atoms with Crippen LogP contribution in [0.2, 0.25) is 5.02 Å². The number of ether oxygens (including phenoxy) is 1. The van der Waals surface area contributed by atoms with Crippen molar-refractivity contribution in [2.45, 2.75) is 13.1 Å². The number of carbonyl (C=O) groups excluding carboxylic acids is 2. The molecule has 0 atom stereocenters. The first-order chi connectivity index (χ1) is 12.1. The van der Waals surface area contributed by atoms with E-state index in [-0.39, 0.29) is 11.6 Å². The summed E-state index contributed by atoms with van der Waals surface area (Å²) in [7, 11) is 0. The van der Waals surface area contributed by atoms with Gasteiger partial charge in [0, 0.05) is 11.1 Å². The lowest BCUT2D eigenvalue weighted by atomic mass is 9.99. The smallest absolute Gasteiger partial charge is 0.435 e. The van der Waals surface area contributed by atoms with Crippen LogP contribution in [0.4, 0.5) is 18.9 Å². The number of ketones is 1. The molecule has 0 aliphatic heterocycles. The predicted octanol–water partition coefficient (Wildman–Crippen LogP) is 3.40. The van der Waals surface area contributed by atoms with Crippen LogP contribution < -0.4 is 0 Å². The van der Waals surface area contributed by atoms with Crippen molar-refractivity contribution in [3.05, 3.63) is 55.9 Å². The minimum atomic E-state index is -5.09. The summed E-state index contributed by atoms with van der Waals surface area (Å²) in [6, 6.07) is 2.80. The van der Waals surface area contributed by atoms with Crippen LogP contribution in [0.15, 0.2) is 18.2 Å². The van der Waals surface area contributed by atoms with Crippen molar-refractivity contribution in [1.82, 2.24) is 10.2 Å². The number of H-pyrrole nitrogens is 1. The van der Waals surface area contributed by atoms with E-state index in [1.54, 1.807) is 0 Å². The number of hydrogen-bond acceptors (Lipinski definition) is 6. The van der Waals surface area contributed by atoms with Crippen LogP contribution >= 0.6 is 11.6 Å². The third kappa shape index (κ3) is 3.67. The lowest BCUT2D eigenvalue weighted by Gasteiger charge is -2.08. The van der Waals surface area contributed by atoms with Crippen molar-refractivity contribution in [2.75, 3.05) is 6.61 Å². The minimum absolute atomic E-state index is 0.0953. The van der Waals surface area contributed by atoms with E-state index in [9.17, 15) is 32.9 Å². The van der Waals surface area contributed by atoms with Crippen LogP contribution in [0.25, 0.3) is 0 Å². The maximum atomic E-state index is 13.2. The van der Waals surface area contributed by atoms with Crippen molar-refractivity contribution in [3.63, 3.8) is 0 Å². The fourth-order valence-corrected chi connectivity index (χ4v) is 2.27. The highest BCUT2D eigenvalue weighted by Gasteiger charge is 2.43. The third-order valence-corrected chi connectivity index (χ3v) is 3.38. The van der Waals surface area contributed by atoms with Crippen LogP contribution in [0.3, 0.4) is 0 Å². The van der Waals surface area contributed by atoms with Gasteiger partial charge in [-0.05, 0) is 19.1 Å². The second-order valence-electron chi connectivity index (χ2n) is 4.79. The van der Waals surface area contributed by atoms with Gasteiger partial charge >= 0.3 is 12.1 Å². The Bertz CT molecular complexity index is 894. The number of alkyl halides is 3. The van der Waals surface area contributed by atoms with Gasteiger partial charge in [0.05, 0.1) is 17.1 Å². The molecule has 0 fully saturated rings. The van der Waals surface area contributed by atoms with Gasteiger partial charge < -0.3 is 4.74 Å². The summed E-state index contributed by atoms with van der Waals surface area (Å²) in [6.07, 6.45) is -5.09. The Labute approximate surface area is 148 Å². The summed E-state index contributed by atoms with van der Waals surface area (Å²) in [5.41, 5.74) is -5.20. The first-order valence-corrected chi connectivity index (χ1v) is 7.27. The predicted molar refractivity (Wildman–Crippen MR) is 81.1 cm³/mol. The van der Waals surface area contributed by atoms with Gasteiger partial charge in [-0.3, -0.25) is 20.0 Å². The van der Waals surface area contributed by atoms with Crippen LogP contribution in [-0.2, 0) is 10.9 Å². The summed E-state index contributed by atoms with van der Waals surface area (Å²) in [5, 5.41) is 15.8. The quantitative estimate of drug-likeness (QED) is 0.361. The topological polar surface area (TPSA) is 115 Å². The molecule has 0 amide bonds. The van der Waals surface area contributed by atoms with Gasteiger partial charge in [0.1, 0.15) is 5.56 Å². The molecule has 0 radical (unpaired) electrons. The largest absolute Gasteiger partial charge is 0.461 e. The van der Waals surface area contributed by atoms with Gasteiger partial charge in [0.15, 0.2) is 11.4 Å². The zero-order valence-electron chi connectivity index (χ0n) is 12.9. The number of halogens is 4. The molecule has 26 heavy (non-hydrogen) atoms. The van der Waals surface area contributed by atoms with Gasteiger partial charge in [-0.25, -0.2) is 4.79 Å². The van der Waals surface area contributed by atoms with E-state index in [0.717, 1.165) is 18.2 Å². The standard InChI is InChI=1S/C14H9ClF3N3O5/c1-2-26-13(23)10-9(12(20-19-10)14(16,17)18)11(22)7-4-3-6(15)5-8(7)21(24)25/h3-5H,2H2,1H3,(H,19,20). The van der Waals surface area contributed by atoms with Gasteiger partial charge in [0.25, 0.3) is 5.69 Å². The van der Waals surface area contributed by atoms with E-state index in [0.29, 0.717) is 0 Å². The monoisotopic (exact) mass is 391 g/mol. The molecule has 8 nitrogen and oxygen atoms in total. The second-order valence-corrected chi connectivity index (χ2v) is 5.22. The Morgan fingerprint density at radius 1 is 1.38 bits per heavy atom. The Hall–Kier alpha value is -2.95. The van der Waals surface area contributed by atoms with E-state index in [2.05, 4.69) is 9.84 Å². The molecule has 2 rings (SSSR count). The Balaban J connectivity index is 2.71. The molecular formula is C14H9ClF3N3O5. The van der Waals surface area contributed by atoms with E-state index in [1.165, 1.54) is 6.92 Å². The number of aromatic amines is 1. The molecule has 0 bridgehead atoms. The number of rotatable bonds is 5. The summed E-state index contributed by atoms with van der Waals surface area (Å²) >= 11 is 5.63. The number of nitro groups is 1. The van der Waals surface area contributed by atoms with Gasteiger partial charge in [-0.2, -0.15) is 18.3 Å². The highest BCUT2D eigenvalue weighted by molar-refractivity contribution is 6.31. The van der Waals surface area contributed by atoms with Crippen LogP contribution in [0.1, 0.15) is 39.0 Å². The zero-order chi connectivity index (χ0) is 19.6. The molecule has 1 heterocycles. The van der Waals surface area contributed by atoms with Crippen LogP contribution in [0, 0.1) is 10.1 Å². The lowest BCUT2D eigenvalue weighted by Crippen LogP contribution is -2.17. The van der Waals surface area contributed by atoms with Crippen LogP contribution in [-0.4, -0.2) is 33.5 Å². The molecule has 0 spiro atoms. The minimum Gasteiger partial charge on any atom is -0.461 e. The number of carbonyl (C=O) groups is 2. The van der Waals surface area contributed by atoms with Crippen molar-refractivity contribution in [3.8, 4) is 0 Å². The lowest BCUT2D eigenvalue weighted by molar-refractivity contribution is -0.385. The molecule has 0 aliphatic rings. The average molecular weight is 392 g/mol. The number of nitro benzene ring substituents is 1. The zero-order valence-corrected chi connectivity index (χ0v) is 13.6. The van der Waals surface area contributed by atoms with Gasteiger partial charge in [0.2, 0.25) is 5.78 Å². The maximum absolute atomic E-state index is 13.2. The molecule has 0 unspecified atom stereocenters. The molecule has 2 aromatic rings. The summed E-state index contributed by atoms with van der Waals surface area (Å²) < 4.78 is 44.1. The fraction of sp³-hybridized carbons (Fsp3) is 0.214. The Morgan fingerprint density at radius 3 is 2.58 bits per heavy atom. The third-order valence-electron chi connectivity index (χ3n) is 3.14. The van der Waals surface area contributed by atoms with E-state index >= 15 is 0 Å². The molecule has 1 aromatic carbocycles. The molecule has 1 aromatic heterocycles. The number of esters is 1. The molecule has 138 valence electrons. The average Bonchev–Trinajstić information content (AvgIpc) is 2.99. The van der Waals surface area contributed by atoms with Gasteiger partial charge in [-0.1, -0.05) is 11.6 Å². The molecule has 0 aliphatic carbocycles. The Morgan fingerprint density at radius 2 is 2.04 bits per heavy atom. The number of aromatic nitrogens is 2. The highest BCUT2D eigenvalue weighted by atomic mass is 35.5. The molecule has 1 N–H and O–H groups in total. The van der Waals surface area contributed by atoms with Crippen molar-refractivity contribution in [2.24, 2.45) is 0 Å².